The van der Waals surface area contributed by atoms with E-state index in [-0.39, 0.29) is 159 Å². The number of nitriles is 4. The molecule has 0 spiro atoms. The first-order valence-electron chi connectivity index (χ1n) is 33.4. The van der Waals surface area contributed by atoms with Crippen LogP contribution in [0, 0.1) is 62.8 Å². The average Bonchev–Trinajstić information content (AvgIpc) is 1.10. The number of pyridine rings is 6. The van der Waals surface area contributed by atoms with Gasteiger partial charge in [-0.05, 0) is 178 Å². The average molecular weight is 1560 g/mol. The predicted molar refractivity (Wildman–Crippen MR) is 399 cm³/mol. The van der Waals surface area contributed by atoms with Crippen molar-refractivity contribution in [2.24, 2.45) is 11.5 Å². The molecular weight excluding hydrogens is 1500 g/mol. The van der Waals surface area contributed by atoms with Crippen molar-refractivity contribution >= 4 is 101 Å². The number of fused-ring (bicyclic) bond motifs is 6. The Hall–Kier alpha value is -12.6. The third-order valence-corrected chi connectivity index (χ3v) is 17.5. The number of halogens is 3. The third kappa shape index (κ3) is 20.5. The van der Waals surface area contributed by atoms with Crippen molar-refractivity contribution < 1.29 is 156 Å². The maximum atomic E-state index is 14.4. The summed E-state index contributed by atoms with van der Waals surface area (Å²) in [5.41, 5.74) is 22.9. The second-order valence-electron chi connectivity index (χ2n) is 24.9. The monoisotopic (exact) mass is 1560 g/mol. The number of nitrogens with two attached hydrogens (primary N) is 2. The number of rotatable bonds is 18. The smallest absolute Gasteiger partial charge is 1.00 e. The van der Waals surface area contributed by atoms with Crippen molar-refractivity contribution in [3.05, 3.63) is 319 Å². The normalized spacial score (nSPS) is 10.4. The summed E-state index contributed by atoms with van der Waals surface area (Å²) in [5.74, 6) is -3.56. The fraction of sp³-hybridized carbons (Fsp3) is 0.0732. The third-order valence-electron chi connectivity index (χ3n) is 17.5. The molecule has 0 unspecified atom stereocenters. The van der Waals surface area contributed by atoms with Crippen LogP contribution >= 0.6 is 0 Å². The summed E-state index contributed by atoms with van der Waals surface area (Å²) in [7, 11) is 0. The van der Waals surface area contributed by atoms with Gasteiger partial charge in [0.05, 0.1) is 49.9 Å². The molecule has 0 fully saturated rings. The molecule has 113 heavy (non-hydrogen) atoms. The first-order valence-corrected chi connectivity index (χ1v) is 33.4. The Balaban J connectivity index is 0.000000189. The summed E-state index contributed by atoms with van der Waals surface area (Å²) in [4.78, 5) is 108. The zero-order valence-corrected chi connectivity index (χ0v) is 66.1. The first-order chi connectivity index (χ1) is 53.8. The maximum Gasteiger partial charge on any atom is 1.00 e. The largest absolute Gasteiger partial charge is 1.00 e. The zero-order chi connectivity index (χ0) is 78.2. The van der Waals surface area contributed by atoms with Crippen LogP contribution in [0.25, 0.3) is 65.4 Å². The fourth-order valence-electron chi connectivity index (χ4n) is 12.3. The fourth-order valence-corrected chi connectivity index (χ4v) is 12.3. The Morgan fingerprint density at radius 1 is 0.434 bits per heavy atom. The Kier molecular flexibility index (Phi) is 28.2. The van der Waals surface area contributed by atoms with Crippen molar-refractivity contribution in [1.82, 2.24) is 60.8 Å². The van der Waals surface area contributed by atoms with E-state index in [4.69, 9.17) is 26.8 Å². The van der Waals surface area contributed by atoms with Gasteiger partial charge in [-0.15, -0.1) is 0 Å². The predicted octanol–water partition coefficient (Wildman–Crippen LogP) is 4.55. The molecular formula is C82H57F3K2N18O8. The molecule has 0 aliphatic rings. The molecule has 15 aromatic rings. The number of hydrogen-bond donors (Lipinski definition) is 8. The van der Waals surface area contributed by atoms with E-state index in [1.807, 2.05) is 48.5 Å². The van der Waals surface area contributed by atoms with Gasteiger partial charge in [-0.1, -0.05) is 0 Å². The maximum absolute atomic E-state index is 14.4. The molecule has 26 nitrogen and oxygen atoms in total. The standard InChI is InChI=1S/2C27H19FN6O2.C27H17FN6O.CH2O3.2K.H/c2*28-23-11-24-17(1-4-32-24)9-20(23)14-34-27(36)18-2-3-31-21(10-18)7-15-5-19-6-16(12-29)13-33-25(19)22(8-15)26(30)35;28-24-11-25-18(1-4-32-25)9-22(24)15-34-27(35)19-2-3-31-23(10-19)8-16-5-20-7-17(12-29)14-33-26(20)21(6-16)13-30;2-1-4-3;;;/h2*1-6,8-11,13,32H,7,14H2,(H2,30,35)(H,34,36);1-7,9-11,14,32H,8,15H2,(H,34,35);1,3H;;;/q;;;;2*+1;-1/p-1. The van der Waals surface area contributed by atoms with Gasteiger partial charge in [0.25, 0.3) is 36.0 Å². The van der Waals surface area contributed by atoms with E-state index in [1.54, 1.807) is 110 Å². The number of nitrogens with zero attached hydrogens (tertiary/aromatic N) is 10. The summed E-state index contributed by atoms with van der Waals surface area (Å²) in [6.45, 7) is -0.0670. The van der Waals surface area contributed by atoms with E-state index >= 15 is 0 Å². The van der Waals surface area contributed by atoms with Gasteiger partial charge in [0.15, 0.2) is 0 Å². The number of benzene rings is 6. The Morgan fingerprint density at radius 2 is 0.752 bits per heavy atom. The van der Waals surface area contributed by atoms with Gasteiger partial charge in [-0.2, -0.15) is 21.0 Å². The number of hydrogen-bond acceptors (Lipinski definition) is 18. The minimum atomic E-state index is -0.634. The van der Waals surface area contributed by atoms with Crippen molar-refractivity contribution in [3.63, 3.8) is 0 Å². The molecule has 9 aromatic heterocycles. The summed E-state index contributed by atoms with van der Waals surface area (Å²) < 4.78 is 43.1. The molecule has 31 heteroatoms. The van der Waals surface area contributed by atoms with Crippen LogP contribution in [0.4, 0.5) is 13.2 Å². The molecule has 0 aliphatic carbocycles. The van der Waals surface area contributed by atoms with Gasteiger partial charge in [0.2, 0.25) is 0 Å². The van der Waals surface area contributed by atoms with Crippen LogP contribution in [-0.2, 0) is 48.6 Å². The van der Waals surface area contributed by atoms with Gasteiger partial charge in [0, 0.05) is 178 Å². The van der Waals surface area contributed by atoms with Crippen LogP contribution < -0.4 is 135 Å². The van der Waals surface area contributed by atoms with Gasteiger partial charge in [-0.25, -0.2) is 13.2 Å². The van der Waals surface area contributed by atoms with Gasteiger partial charge in [0.1, 0.15) is 41.7 Å². The second kappa shape index (κ2) is 38.4. The molecule has 0 saturated carbocycles. The van der Waals surface area contributed by atoms with Crippen LogP contribution in [0.15, 0.2) is 201 Å². The minimum Gasteiger partial charge on any atom is -1.00 e. The molecule has 0 saturated heterocycles. The molecule has 0 aliphatic heterocycles. The number of carbonyl (C=O) groups excluding carboxylic acids is 6. The number of nitrogens with one attached hydrogen (secondary N) is 6. The second-order valence-corrected chi connectivity index (χ2v) is 24.9. The SMILES string of the molecule is N#Cc1cnc2c(C#N)cc(Cc3cc(C(=O)NCc4cc5cc[nH]c5cc4F)ccn3)cc2c1.N#Cc1cnc2c(C(N)=O)cc(Cc3cc(C(=O)NCc4cc5cc[nH]c5cc4F)ccn3)cc2c1.N#Cc1cnc2c(C(N)=O)cc(Cc3cc(C(=O)NCc4cc5cc[nH]c5cc4F)ccn3)cc2c1.O=CO[O-].[H-].[K+].[K+]. The minimum absolute atomic E-state index is 0. The number of amides is 5. The van der Waals surface area contributed by atoms with E-state index in [9.17, 15) is 52.9 Å². The number of aromatic amines is 3. The van der Waals surface area contributed by atoms with E-state index in [0.29, 0.717) is 141 Å². The van der Waals surface area contributed by atoms with Crippen molar-refractivity contribution in [2.75, 3.05) is 0 Å². The van der Waals surface area contributed by atoms with Gasteiger partial charge < -0.3 is 53.9 Å². The molecule has 0 atom stereocenters. The molecule has 15 rings (SSSR count). The van der Waals surface area contributed by atoms with Gasteiger partial charge in [-0.3, -0.25) is 58.7 Å². The van der Waals surface area contributed by atoms with Crippen molar-refractivity contribution in [1.29, 1.82) is 21.0 Å². The molecule has 0 bridgehead atoms. The Bertz CT molecular complexity index is 6160. The van der Waals surface area contributed by atoms with Crippen LogP contribution in [0.5, 0.6) is 0 Å². The molecule has 0 radical (unpaired) electrons. The number of H-pyrrole nitrogens is 3. The van der Waals surface area contributed by atoms with E-state index < -0.39 is 29.3 Å². The van der Waals surface area contributed by atoms with Crippen molar-refractivity contribution in [2.45, 2.75) is 38.9 Å². The first kappa shape index (κ1) is 82.9. The Labute approximate surface area is 725 Å². The molecule has 9 heterocycles. The van der Waals surface area contributed by atoms with E-state index in [2.05, 4.69) is 77.8 Å². The van der Waals surface area contributed by atoms with Crippen LogP contribution in [0.2, 0.25) is 0 Å². The zero-order valence-electron chi connectivity index (χ0n) is 60.9. The summed E-state index contributed by atoms with van der Waals surface area (Å²) in [5, 5.41) is 58.2. The van der Waals surface area contributed by atoms with Gasteiger partial charge >= 0.3 is 103 Å². The van der Waals surface area contributed by atoms with E-state index in [0.717, 1.165) is 32.8 Å². The van der Waals surface area contributed by atoms with Crippen molar-refractivity contribution in [3.8, 4) is 24.3 Å². The summed E-state index contributed by atoms with van der Waals surface area (Å²) >= 11 is 0. The number of carbonyl (C=O) groups is 6. The molecule has 546 valence electrons. The topological polar surface area (TPSA) is 443 Å². The summed E-state index contributed by atoms with van der Waals surface area (Å²) in [6.07, 6.45) is 15.0. The van der Waals surface area contributed by atoms with Crippen LogP contribution in [0.1, 0.15) is 126 Å². The molecule has 10 N–H and O–H groups in total. The van der Waals surface area contributed by atoms with Crippen LogP contribution in [0.3, 0.4) is 0 Å². The molecule has 5 amide bonds. The molecule has 6 aromatic carbocycles. The summed E-state index contributed by atoms with van der Waals surface area (Å²) in [6, 6.07) is 48.2. The van der Waals surface area contributed by atoms with E-state index in [1.165, 1.54) is 55.4 Å². The number of primary amides is 2. The number of aromatic nitrogens is 9. The Morgan fingerprint density at radius 3 is 1.06 bits per heavy atom. The quantitative estimate of drug-likeness (QED) is 0.0253. The van der Waals surface area contributed by atoms with Crippen LogP contribution in [-0.4, -0.2) is 80.9 Å².